The van der Waals surface area contributed by atoms with Gasteiger partial charge in [0, 0.05) is 51.1 Å². The van der Waals surface area contributed by atoms with Crippen molar-refractivity contribution >= 4 is 41.8 Å². The van der Waals surface area contributed by atoms with Crippen LogP contribution >= 0.6 is 0 Å². The molecule has 1 aliphatic heterocycles. The van der Waals surface area contributed by atoms with E-state index in [-0.39, 0.29) is 6.04 Å². The van der Waals surface area contributed by atoms with Crippen LogP contribution in [0.4, 0.5) is 10.5 Å². The summed E-state index contributed by atoms with van der Waals surface area (Å²) in [5, 5.41) is 24.1. The van der Waals surface area contributed by atoms with Gasteiger partial charge in [0.1, 0.15) is 24.1 Å². The van der Waals surface area contributed by atoms with Crippen molar-refractivity contribution in [1.29, 1.82) is 5.26 Å². The lowest BCUT2D eigenvalue weighted by molar-refractivity contribution is 0.0925. The second kappa shape index (κ2) is 9.37. The number of piperidine rings is 1. The van der Waals surface area contributed by atoms with Crippen LogP contribution in [0.15, 0.2) is 24.5 Å². The van der Waals surface area contributed by atoms with Gasteiger partial charge in [-0.3, -0.25) is 4.57 Å². The Hall–Kier alpha value is -3.16. The Balaban J connectivity index is 1.66. The summed E-state index contributed by atoms with van der Waals surface area (Å²) in [5.41, 5.74) is 2.93. The quantitative estimate of drug-likeness (QED) is 0.393. The average Bonchev–Trinajstić information content (AvgIpc) is 3.10. The smallest absolute Gasteiger partial charge is 0.407 e. The molecule has 0 aromatic carbocycles. The van der Waals surface area contributed by atoms with Gasteiger partial charge < -0.3 is 20.1 Å². The molecule has 1 fully saturated rings. The Bertz CT molecular complexity index is 1200. The molecule has 3 aromatic rings. The number of hydrogen-bond donors (Lipinski definition) is 2. The van der Waals surface area contributed by atoms with Crippen molar-refractivity contribution in [3.63, 3.8) is 0 Å². The van der Waals surface area contributed by atoms with Gasteiger partial charge in [0.15, 0.2) is 0 Å². The molecule has 1 amide bonds. The molecule has 1 saturated heterocycles. The Kier molecular flexibility index (Phi) is 6.53. The highest BCUT2D eigenvalue weighted by molar-refractivity contribution is 6.76. The first kappa shape index (κ1) is 23.0. The van der Waals surface area contributed by atoms with E-state index < -0.39 is 14.2 Å². The van der Waals surface area contributed by atoms with Crippen LogP contribution in [0, 0.1) is 11.3 Å². The van der Waals surface area contributed by atoms with Crippen molar-refractivity contribution in [1.82, 2.24) is 19.4 Å². The van der Waals surface area contributed by atoms with Crippen LogP contribution in [0.1, 0.15) is 18.5 Å². The summed E-state index contributed by atoms with van der Waals surface area (Å²) in [5.74, 6) is 0. The van der Waals surface area contributed by atoms with E-state index >= 15 is 0 Å². The predicted octanol–water partition coefficient (Wildman–Crippen LogP) is 4.32. The first-order valence-corrected chi connectivity index (χ1v) is 15.0. The maximum Gasteiger partial charge on any atom is 0.407 e. The molecule has 2 N–H and O–H groups in total. The Morgan fingerprint density at radius 1 is 1.33 bits per heavy atom. The van der Waals surface area contributed by atoms with Gasteiger partial charge in [-0.1, -0.05) is 19.6 Å². The number of ether oxygens (including phenoxy) is 1. The third-order valence-corrected chi connectivity index (χ3v) is 7.79. The topological polar surface area (TPSA) is 116 Å². The number of amides is 1. The molecule has 0 atom stereocenters. The second-order valence-electron chi connectivity index (χ2n) is 9.72. The van der Waals surface area contributed by atoms with E-state index in [9.17, 15) is 15.2 Å². The van der Waals surface area contributed by atoms with E-state index in [4.69, 9.17) is 4.74 Å². The molecule has 33 heavy (non-hydrogen) atoms. The molecule has 1 aliphatic rings. The number of nitrogens with zero attached hydrogens (tertiary/aromatic N) is 5. The summed E-state index contributed by atoms with van der Waals surface area (Å²) >= 11 is 0. The Morgan fingerprint density at radius 3 is 2.76 bits per heavy atom. The van der Waals surface area contributed by atoms with Crippen molar-refractivity contribution in [2.75, 3.05) is 25.0 Å². The van der Waals surface area contributed by atoms with Gasteiger partial charge >= 0.3 is 6.09 Å². The largest absolute Gasteiger partial charge is 0.465 e. The standard InChI is InChI=1S/C23H30N6O3Si/c1-33(2,3)11-10-32-15-29-20-14-26-17(13-24)12-18(20)21-19(4-7-25-22(21)29)27-16-5-8-28(9-6-16)23(30)31/h4,7,12,14,16H,5-6,8-11,15H2,1-3H3,(H,25,27)(H,30,31). The minimum absolute atomic E-state index is 0.162. The number of likely N-dealkylation sites (tertiary alicyclic amines) is 1. The summed E-state index contributed by atoms with van der Waals surface area (Å²) < 4.78 is 8.05. The SMILES string of the molecule is C[Si](C)(C)CCOCn1c2cnc(C#N)cc2c2c(NC3CCN(C(=O)O)CC3)ccnc21. The zero-order valence-electron chi connectivity index (χ0n) is 19.3. The monoisotopic (exact) mass is 466 g/mol. The number of anilines is 1. The van der Waals surface area contributed by atoms with Crippen LogP contribution in [-0.2, 0) is 11.5 Å². The number of carbonyl (C=O) groups is 1. The van der Waals surface area contributed by atoms with Crippen LogP contribution in [0.2, 0.25) is 25.7 Å². The van der Waals surface area contributed by atoms with Gasteiger partial charge in [-0.25, -0.2) is 14.8 Å². The number of pyridine rings is 2. The first-order chi connectivity index (χ1) is 15.8. The molecule has 4 rings (SSSR count). The van der Waals surface area contributed by atoms with Crippen LogP contribution in [0.5, 0.6) is 0 Å². The van der Waals surface area contributed by atoms with Crippen LogP contribution in [0.3, 0.4) is 0 Å². The molecule has 174 valence electrons. The zero-order chi connectivity index (χ0) is 23.6. The number of hydrogen-bond acceptors (Lipinski definition) is 6. The number of rotatable bonds is 7. The van der Waals surface area contributed by atoms with Gasteiger partial charge in [0.05, 0.1) is 17.1 Å². The predicted molar refractivity (Wildman–Crippen MR) is 130 cm³/mol. The highest BCUT2D eigenvalue weighted by atomic mass is 28.3. The van der Waals surface area contributed by atoms with Crippen molar-refractivity contribution in [3.05, 3.63) is 30.2 Å². The molecule has 0 radical (unpaired) electrons. The maximum atomic E-state index is 11.2. The number of nitriles is 1. The fourth-order valence-corrected chi connectivity index (χ4v) is 4.94. The summed E-state index contributed by atoms with van der Waals surface area (Å²) in [7, 11) is -1.19. The van der Waals surface area contributed by atoms with Crippen molar-refractivity contribution in [2.45, 2.75) is 51.3 Å². The van der Waals surface area contributed by atoms with E-state index in [1.54, 1.807) is 18.5 Å². The summed E-state index contributed by atoms with van der Waals surface area (Å²) in [6.45, 7) is 9.05. The molecular weight excluding hydrogens is 436 g/mol. The molecule has 3 aromatic heterocycles. The van der Waals surface area contributed by atoms with Gasteiger partial charge in [-0.15, -0.1) is 0 Å². The van der Waals surface area contributed by atoms with E-state index in [0.29, 0.717) is 32.1 Å². The Morgan fingerprint density at radius 2 is 2.09 bits per heavy atom. The van der Waals surface area contributed by atoms with E-state index in [1.165, 1.54) is 4.90 Å². The van der Waals surface area contributed by atoms with E-state index in [0.717, 1.165) is 46.5 Å². The normalized spacial score (nSPS) is 15.2. The van der Waals surface area contributed by atoms with Crippen molar-refractivity contribution < 1.29 is 14.6 Å². The maximum absolute atomic E-state index is 11.2. The molecule has 0 unspecified atom stereocenters. The fourth-order valence-electron chi connectivity index (χ4n) is 4.18. The summed E-state index contributed by atoms with van der Waals surface area (Å²) in [6.07, 6.45) is 4.09. The molecule has 10 heteroatoms. The fraction of sp³-hybridized carbons (Fsp3) is 0.478. The molecule has 0 spiro atoms. The zero-order valence-corrected chi connectivity index (χ0v) is 20.3. The molecule has 0 saturated carbocycles. The lowest BCUT2D eigenvalue weighted by Crippen LogP contribution is -2.41. The Labute approximate surface area is 194 Å². The molecule has 9 nitrogen and oxygen atoms in total. The minimum Gasteiger partial charge on any atom is -0.465 e. The highest BCUT2D eigenvalue weighted by Crippen LogP contribution is 2.34. The molecule has 4 heterocycles. The number of aromatic nitrogens is 3. The minimum atomic E-state index is -1.19. The van der Waals surface area contributed by atoms with E-state index in [1.807, 2.05) is 10.6 Å². The van der Waals surface area contributed by atoms with Crippen molar-refractivity contribution in [3.8, 4) is 6.07 Å². The summed E-state index contributed by atoms with van der Waals surface area (Å²) in [6, 6.07) is 7.11. The van der Waals surface area contributed by atoms with E-state index in [2.05, 4.69) is 41.0 Å². The van der Waals surface area contributed by atoms with Crippen LogP contribution in [-0.4, -0.2) is 64.4 Å². The number of carboxylic acid groups (broad SMARTS) is 1. The van der Waals surface area contributed by atoms with Crippen LogP contribution < -0.4 is 5.32 Å². The molecule has 0 aliphatic carbocycles. The van der Waals surface area contributed by atoms with Gasteiger partial charge in [-0.05, 0) is 31.0 Å². The lowest BCUT2D eigenvalue weighted by atomic mass is 10.0. The number of nitrogens with one attached hydrogen (secondary N) is 1. The average molecular weight is 467 g/mol. The highest BCUT2D eigenvalue weighted by Gasteiger charge is 2.24. The van der Waals surface area contributed by atoms with Gasteiger partial charge in [0.2, 0.25) is 0 Å². The van der Waals surface area contributed by atoms with Gasteiger partial charge in [0.25, 0.3) is 0 Å². The third-order valence-electron chi connectivity index (χ3n) is 6.09. The third kappa shape index (κ3) is 5.10. The first-order valence-electron chi connectivity index (χ1n) is 11.3. The second-order valence-corrected chi connectivity index (χ2v) is 15.3. The lowest BCUT2D eigenvalue weighted by Gasteiger charge is -2.31. The van der Waals surface area contributed by atoms with Crippen molar-refractivity contribution in [2.24, 2.45) is 0 Å². The number of fused-ring (bicyclic) bond motifs is 3. The van der Waals surface area contributed by atoms with Crippen LogP contribution in [0.25, 0.3) is 21.9 Å². The molecular formula is C23H30N6O3Si. The molecule has 0 bridgehead atoms. The summed E-state index contributed by atoms with van der Waals surface area (Å²) in [4.78, 5) is 21.6. The van der Waals surface area contributed by atoms with Gasteiger partial charge in [-0.2, -0.15) is 5.26 Å².